The summed E-state index contributed by atoms with van der Waals surface area (Å²) in [5.74, 6) is -0.233. The minimum Gasteiger partial charge on any atom is -0.367 e. The first-order valence-corrected chi connectivity index (χ1v) is 11.9. The molecule has 0 unspecified atom stereocenters. The van der Waals surface area contributed by atoms with Gasteiger partial charge in [0.05, 0.1) is 18.8 Å². The molecule has 0 amide bonds. The highest BCUT2D eigenvalue weighted by Crippen LogP contribution is 2.24. The normalized spacial score (nSPS) is 14.6. The minimum absolute atomic E-state index is 0.0139. The van der Waals surface area contributed by atoms with Crippen molar-refractivity contribution in [2.45, 2.75) is 13.1 Å². The Morgan fingerprint density at radius 1 is 0.889 bits per heavy atom. The molecule has 2 aromatic carbocycles. The van der Waals surface area contributed by atoms with Crippen molar-refractivity contribution in [3.05, 3.63) is 91.3 Å². The lowest BCUT2D eigenvalue weighted by Gasteiger charge is -2.36. The molecule has 0 saturated carbocycles. The molecule has 1 aliphatic heterocycles. The van der Waals surface area contributed by atoms with E-state index < -0.39 is 17.1 Å². The molecule has 0 radical (unpaired) electrons. The van der Waals surface area contributed by atoms with Crippen molar-refractivity contribution in [2.75, 3.05) is 31.1 Å². The van der Waals surface area contributed by atoms with Crippen molar-refractivity contribution < 1.29 is 8.78 Å². The van der Waals surface area contributed by atoms with E-state index in [0.717, 1.165) is 4.57 Å². The number of aromatic nitrogens is 4. The Kier molecular flexibility index (Phi) is 6.40. The molecule has 8 nitrogen and oxygen atoms in total. The number of imidazole rings is 1. The van der Waals surface area contributed by atoms with E-state index in [-0.39, 0.29) is 34.1 Å². The second-order valence-corrected chi connectivity index (χ2v) is 9.31. The van der Waals surface area contributed by atoms with Crippen LogP contribution in [0.5, 0.6) is 0 Å². The van der Waals surface area contributed by atoms with Gasteiger partial charge in [0.1, 0.15) is 17.5 Å². The van der Waals surface area contributed by atoms with Gasteiger partial charge in [-0.25, -0.2) is 18.6 Å². The second kappa shape index (κ2) is 9.51. The van der Waals surface area contributed by atoms with Crippen molar-refractivity contribution in [1.29, 1.82) is 0 Å². The number of nitrogens with zero attached hydrogens (tertiary/aromatic N) is 6. The summed E-state index contributed by atoms with van der Waals surface area (Å²) in [6, 6.07) is 11.1. The van der Waals surface area contributed by atoms with Crippen molar-refractivity contribution in [2.24, 2.45) is 14.1 Å². The number of piperazine rings is 1. The number of hydrogen-bond acceptors (Lipinski definition) is 5. The molecule has 11 heteroatoms. The SMILES string of the molecule is Cn1c(=O)c2c(nc(CN3CCN(c4ccccc4F)CC3)n2Cc2c(F)cccc2Cl)n(C)c1=O. The molecule has 5 rings (SSSR count). The summed E-state index contributed by atoms with van der Waals surface area (Å²) in [5.41, 5.74) is 0.237. The standard InChI is InChI=1S/C25H25ClF2N6O2/c1-30-23-22(24(35)31(2)25(30)36)34(14-16-17(26)6-5-8-18(16)27)21(29-23)15-32-10-12-33(13-11-32)20-9-4-3-7-19(20)28/h3-9H,10-15H2,1-2H3. The molecule has 36 heavy (non-hydrogen) atoms. The quantitative estimate of drug-likeness (QED) is 0.410. The zero-order valence-electron chi connectivity index (χ0n) is 19.9. The summed E-state index contributed by atoms with van der Waals surface area (Å²) in [6.45, 7) is 2.84. The van der Waals surface area contributed by atoms with Crippen LogP contribution in [0.25, 0.3) is 11.2 Å². The van der Waals surface area contributed by atoms with E-state index >= 15 is 0 Å². The predicted molar refractivity (Wildman–Crippen MR) is 135 cm³/mol. The van der Waals surface area contributed by atoms with E-state index in [1.807, 2.05) is 11.0 Å². The topological polar surface area (TPSA) is 68.3 Å². The molecular weight excluding hydrogens is 490 g/mol. The average molecular weight is 515 g/mol. The Balaban J connectivity index is 1.51. The Morgan fingerprint density at radius 2 is 1.58 bits per heavy atom. The molecule has 1 saturated heterocycles. The number of fused-ring (bicyclic) bond motifs is 1. The van der Waals surface area contributed by atoms with Crippen LogP contribution in [0.4, 0.5) is 14.5 Å². The van der Waals surface area contributed by atoms with Gasteiger partial charge in [0.2, 0.25) is 0 Å². The fourth-order valence-corrected chi connectivity index (χ4v) is 4.90. The third-order valence-corrected chi connectivity index (χ3v) is 7.09. The maximum absolute atomic E-state index is 14.7. The van der Waals surface area contributed by atoms with E-state index in [2.05, 4.69) is 9.88 Å². The lowest BCUT2D eigenvalue weighted by Crippen LogP contribution is -2.46. The van der Waals surface area contributed by atoms with Gasteiger partial charge in [0.25, 0.3) is 5.56 Å². The van der Waals surface area contributed by atoms with Crippen LogP contribution in [0.2, 0.25) is 5.02 Å². The largest absolute Gasteiger partial charge is 0.367 e. The number of rotatable bonds is 5. The van der Waals surface area contributed by atoms with E-state index in [9.17, 15) is 18.4 Å². The van der Waals surface area contributed by atoms with Crippen LogP contribution in [-0.4, -0.2) is 49.8 Å². The van der Waals surface area contributed by atoms with Crippen LogP contribution in [0.3, 0.4) is 0 Å². The maximum Gasteiger partial charge on any atom is 0.332 e. The highest BCUT2D eigenvalue weighted by Gasteiger charge is 2.25. The Morgan fingerprint density at radius 3 is 2.28 bits per heavy atom. The first kappa shape index (κ1) is 24.2. The average Bonchev–Trinajstić information content (AvgIpc) is 3.22. The molecule has 188 valence electrons. The molecule has 0 bridgehead atoms. The number of benzene rings is 2. The number of halogens is 3. The molecule has 1 fully saturated rings. The molecule has 0 atom stereocenters. The lowest BCUT2D eigenvalue weighted by atomic mass is 10.2. The van der Waals surface area contributed by atoms with Gasteiger partial charge in [-0.15, -0.1) is 0 Å². The van der Waals surface area contributed by atoms with Crippen LogP contribution < -0.4 is 16.1 Å². The van der Waals surface area contributed by atoms with Gasteiger partial charge in [-0.05, 0) is 24.3 Å². The molecule has 3 heterocycles. The van der Waals surface area contributed by atoms with Crippen LogP contribution >= 0.6 is 11.6 Å². The molecule has 0 spiro atoms. The molecule has 1 aliphatic rings. The Hall–Kier alpha value is -3.50. The van der Waals surface area contributed by atoms with Gasteiger partial charge < -0.3 is 9.47 Å². The molecule has 4 aromatic rings. The van der Waals surface area contributed by atoms with E-state index in [1.165, 1.54) is 29.8 Å². The third kappa shape index (κ3) is 4.20. The number of para-hydroxylation sites is 1. The summed E-state index contributed by atoms with van der Waals surface area (Å²) in [4.78, 5) is 34.4. The number of anilines is 1. The van der Waals surface area contributed by atoms with Crippen LogP contribution in [0.1, 0.15) is 11.4 Å². The first-order chi connectivity index (χ1) is 17.3. The van der Waals surface area contributed by atoms with Gasteiger partial charge in [0, 0.05) is 50.9 Å². The van der Waals surface area contributed by atoms with Crippen LogP contribution in [0.15, 0.2) is 52.1 Å². The zero-order chi connectivity index (χ0) is 25.6. The van der Waals surface area contributed by atoms with Crippen molar-refractivity contribution >= 4 is 28.5 Å². The van der Waals surface area contributed by atoms with E-state index in [1.54, 1.807) is 29.8 Å². The van der Waals surface area contributed by atoms with Crippen LogP contribution in [-0.2, 0) is 27.2 Å². The molecular formula is C25H25ClF2N6O2. The maximum atomic E-state index is 14.7. The van der Waals surface area contributed by atoms with E-state index in [0.29, 0.717) is 44.2 Å². The summed E-state index contributed by atoms with van der Waals surface area (Å²) in [7, 11) is 2.95. The van der Waals surface area contributed by atoms with Crippen molar-refractivity contribution in [3.63, 3.8) is 0 Å². The number of aryl methyl sites for hydroxylation is 1. The summed E-state index contributed by atoms with van der Waals surface area (Å²) in [6.07, 6.45) is 0. The lowest BCUT2D eigenvalue weighted by molar-refractivity contribution is 0.241. The third-order valence-electron chi connectivity index (χ3n) is 6.74. The minimum atomic E-state index is -0.510. The fraction of sp³-hybridized carbons (Fsp3) is 0.320. The summed E-state index contributed by atoms with van der Waals surface area (Å²) < 4.78 is 32.9. The van der Waals surface area contributed by atoms with E-state index in [4.69, 9.17) is 11.6 Å². The smallest absolute Gasteiger partial charge is 0.332 e. The molecule has 0 N–H and O–H groups in total. The highest BCUT2D eigenvalue weighted by molar-refractivity contribution is 6.31. The van der Waals surface area contributed by atoms with Crippen molar-refractivity contribution in [3.8, 4) is 0 Å². The molecule has 0 aliphatic carbocycles. The zero-order valence-corrected chi connectivity index (χ0v) is 20.7. The first-order valence-electron chi connectivity index (χ1n) is 11.6. The van der Waals surface area contributed by atoms with Gasteiger partial charge in [-0.1, -0.05) is 29.8 Å². The fourth-order valence-electron chi connectivity index (χ4n) is 4.68. The second-order valence-electron chi connectivity index (χ2n) is 8.91. The highest BCUT2D eigenvalue weighted by atomic mass is 35.5. The van der Waals surface area contributed by atoms with Gasteiger partial charge in [-0.2, -0.15) is 0 Å². The van der Waals surface area contributed by atoms with Gasteiger partial charge >= 0.3 is 5.69 Å². The monoisotopic (exact) mass is 514 g/mol. The number of hydrogen-bond donors (Lipinski definition) is 0. The molecule has 2 aromatic heterocycles. The van der Waals surface area contributed by atoms with Gasteiger partial charge in [0.15, 0.2) is 11.2 Å². The van der Waals surface area contributed by atoms with Crippen LogP contribution in [0, 0.1) is 11.6 Å². The Bertz CT molecular complexity index is 1550. The van der Waals surface area contributed by atoms with Gasteiger partial charge in [-0.3, -0.25) is 18.8 Å². The Labute approximate surface area is 210 Å². The summed E-state index contributed by atoms with van der Waals surface area (Å²) >= 11 is 6.30. The summed E-state index contributed by atoms with van der Waals surface area (Å²) in [5, 5.41) is 0.239. The van der Waals surface area contributed by atoms with Crippen molar-refractivity contribution in [1.82, 2.24) is 23.6 Å². The predicted octanol–water partition coefficient (Wildman–Crippen LogP) is 2.74.